The number of rotatable bonds is 4. The summed E-state index contributed by atoms with van der Waals surface area (Å²) in [7, 11) is 0. The fourth-order valence-electron chi connectivity index (χ4n) is 2.22. The summed E-state index contributed by atoms with van der Waals surface area (Å²) in [5.41, 5.74) is 0.382. The van der Waals surface area contributed by atoms with Gasteiger partial charge in [0.15, 0.2) is 5.13 Å². The van der Waals surface area contributed by atoms with E-state index in [0.717, 1.165) is 17.5 Å². The lowest BCUT2D eigenvalue weighted by atomic mass is 10.1. The number of carbonyl (C=O) groups excluding carboxylic acids is 1. The average molecular weight is 339 g/mol. The minimum atomic E-state index is -0.607. The third-order valence-electron chi connectivity index (χ3n) is 3.38. The van der Waals surface area contributed by atoms with Gasteiger partial charge < -0.3 is 10.1 Å². The van der Waals surface area contributed by atoms with E-state index in [1.807, 2.05) is 0 Å². The summed E-state index contributed by atoms with van der Waals surface area (Å²) in [5.74, 6) is -1.46. The van der Waals surface area contributed by atoms with Crippen molar-refractivity contribution in [3.8, 4) is 0 Å². The maximum Gasteiger partial charge on any atom is 0.256 e. The summed E-state index contributed by atoms with van der Waals surface area (Å²) < 4.78 is 31.9. The van der Waals surface area contributed by atoms with Crippen LogP contribution in [0.3, 0.4) is 0 Å². The second-order valence-corrected chi connectivity index (χ2v) is 6.21. The fourth-order valence-corrected chi connectivity index (χ4v) is 3.06. The van der Waals surface area contributed by atoms with Crippen molar-refractivity contribution in [3.05, 3.63) is 46.5 Å². The number of nitrogens with one attached hydrogen (secondary N) is 2. The predicted molar refractivity (Wildman–Crippen MR) is 82.5 cm³/mol. The summed E-state index contributed by atoms with van der Waals surface area (Å²) in [6.45, 7) is 1.68. The molecule has 2 heterocycles. The van der Waals surface area contributed by atoms with Gasteiger partial charge in [0.1, 0.15) is 17.7 Å². The third-order valence-corrected chi connectivity index (χ3v) is 4.30. The monoisotopic (exact) mass is 339 g/mol. The molecule has 2 N–H and O–H groups in total. The second kappa shape index (κ2) is 7.12. The molecular formula is C15H15F2N3O2S. The molecule has 1 unspecified atom stereocenters. The number of ether oxygens (including phenoxy) is 1. The number of halogens is 2. The molecule has 1 saturated heterocycles. The molecule has 1 amide bonds. The number of carbonyl (C=O) groups is 1. The first-order chi connectivity index (χ1) is 11.1. The Morgan fingerprint density at radius 1 is 1.48 bits per heavy atom. The topological polar surface area (TPSA) is 63.2 Å². The minimum Gasteiger partial charge on any atom is -0.366 e. The highest BCUT2D eigenvalue weighted by Gasteiger charge is 2.22. The summed E-state index contributed by atoms with van der Waals surface area (Å²) in [4.78, 5) is 16.9. The zero-order valence-corrected chi connectivity index (χ0v) is 13.0. The number of hydrogen-bond acceptors (Lipinski definition) is 5. The molecule has 0 radical (unpaired) electrons. The molecule has 5 nitrogen and oxygen atoms in total. The molecule has 0 aliphatic carbocycles. The zero-order valence-electron chi connectivity index (χ0n) is 12.1. The first-order valence-electron chi connectivity index (χ1n) is 7.13. The van der Waals surface area contributed by atoms with Crippen molar-refractivity contribution < 1.29 is 18.3 Å². The standard InChI is InChI=1S/C15H15F2N3O2S/c16-10-2-1-9(12(17)6-10)5-11-7-19-15(23-11)20-14(21)13-8-18-3-4-22-13/h1-2,6-7,13,18H,3-5,8H2,(H,19,20,21). The Kier molecular flexibility index (Phi) is 4.94. The van der Waals surface area contributed by atoms with E-state index in [-0.39, 0.29) is 5.91 Å². The highest BCUT2D eigenvalue weighted by molar-refractivity contribution is 7.15. The normalized spacial score (nSPS) is 17.9. The number of anilines is 1. The number of thiazole rings is 1. The van der Waals surface area contributed by atoms with Crippen LogP contribution < -0.4 is 10.6 Å². The second-order valence-electron chi connectivity index (χ2n) is 5.10. The lowest BCUT2D eigenvalue weighted by Gasteiger charge is -2.22. The maximum atomic E-state index is 13.6. The number of amides is 1. The van der Waals surface area contributed by atoms with Crippen LogP contribution in [0.5, 0.6) is 0 Å². The average Bonchev–Trinajstić information content (AvgIpc) is 2.98. The van der Waals surface area contributed by atoms with Gasteiger partial charge in [0, 0.05) is 36.7 Å². The van der Waals surface area contributed by atoms with E-state index in [4.69, 9.17) is 4.74 Å². The molecule has 0 bridgehead atoms. The van der Waals surface area contributed by atoms with E-state index >= 15 is 0 Å². The number of benzene rings is 1. The van der Waals surface area contributed by atoms with E-state index in [9.17, 15) is 13.6 Å². The Bertz CT molecular complexity index is 702. The van der Waals surface area contributed by atoms with Crippen LogP contribution in [0.25, 0.3) is 0 Å². The molecule has 8 heteroatoms. The van der Waals surface area contributed by atoms with Gasteiger partial charge >= 0.3 is 0 Å². The molecule has 1 fully saturated rings. The van der Waals surface area contributed by atoms with Crippen molar-refractivity contribution in [3.63, 3.8) is 0 Å². The van der Waals surface area contributed by atoms with Gasteiger partial charge in [-0.2, -0.15) is 0 Å². The fraction of sp³-hybridized carbons (Fsp3) is 0.333. The number of hydrogen-bond donors (Lipinski definition) is 2. The van der Waals surface area contributed by atoms with Crippen LogP contribution in [0, 0.1) is 11.6 Å². The first kappa shape index (κ1) is 16.0. The Balaban J connectivity index is 1.62. The molecule has 1 aliphatic heterocycles. The van der Waals surface area contributed by atoms with Gasteiger partial charge in [-0.15, -0.1) is 11.3 Å². The third kappa shape index (κ3) is 4.10. The van der Waals surface area contributed by atoms with Crippen molar-refractivity contribution in [1.29, 1.82) is 0 Å². The molecule has 1 aliphatic rings. The van der Waals surface area contributed by atoms with Crippen molar-refractivity contribution in [2.75, 3.05) is 25.0 Å². The number of morpholine rings is 1. The van der Waals surface area contributed by atoms with E-state index < -0.39 is 17.7 Å². The van der Waals surface area contributed by atoms with Crippen LogP contribution in [-0.2, 0) is 16.0 Å². The van der Waals surface area contributed by atoms with Crippen molar-refractivity contribution in [2.24, 2.45) is 0 Å². The molecule has 3 rings (SSSR count). The molecule has 0 spiro atoms. The van der Waals surface area contributed by atoms with Crippen LogP contribution >= 0.6 is 11.3 Å². The summed E-state index contributed by atoms with van der Waals surface area (Å²) in [5, 5.41) is 6.20. The quantitative estimate of drug-likeness (QED) is 0.894. The molecule has 23 heavy (non-hydrogen) atoms. The lowest BCUT2D eigenvalue weighted by molar-refractivity contribution is -0.128. The van der Waals surface area contributed by atoms with Gasteiger partial charge in [-0.25, -0.2) is 13.8 Å². The van der Waals surface area contributed by atoms with Crippen LogP contribution in [0.2, 0.25) is 0 Å². The van der Waals surface area contributed by atoms with Crippen molar-refractivity contribution in [2.45, 2.75) is 12.5 Å². The smallest absolute Gasteiger partial charge is 0.256 e. The van der Waals surface area contributed by atoms with Gasteiger partial charge in [0.25, 0.3) is 5.91 Å². The van der Waals surface area contributed by atoms with Gasteiger partial charge in [-0.1, -0.05) is 6.07 Å². The van der Waals surface area contributed by atoms with Crippen molar-refractivity contribution >= 4 is 22.4 Å². The molecule has 1 aromatic carbocycles. The van der Waals surface area contributed by atoms with Gasteiger partial charge in [-0.05, 0) is 11.6 Å². The number of aromatic nitrogens is 1. The van der Waals surface area contributed by atoms with Crippen molar-refractivity contribution in [1.82, 2.24) is 10.3 Å². The largest absolute Gasteiger partial charge is 0.366 e. The molecule has 1 atom stereocenters. The highest BCUT2D eigenvalue weighted by atomic mass is 32.1. The van der Waals surface area contributed by atoms with Gasteiger partial charge in [0.2, 0.25) is 0 Å². The molecule has 122 valence electrons. The Labute approximate surface area is 135 Å². The molecular weight excluding hydrogens is 324 g/mol. The van der Waals surface area contributed by atoms with E-state index in [1.54, 1.807) is 6.20 Å². The Hall–Kier alpha value is -1.90. The Morgan fingerprint density at radius 2 is 2.35 bits per heavy atom. The molecule has 1 aromatic heterocycles. The Morgan fingerprint density at radius 3 is 3.09 bits per heavy atom. The zero-order chi connectivity index (χ0) is 16.2. The van der Waals surface area contributed by atoms with Crippen LogP contribution in [-0.4, -0.2) is 36.7 Å². The highest BCUT2D eigenvalue weighted by Crippen LogP contribution is 2.23. The first-order valence-corrected chi connectivity index (χ1v) is 7.95. The maximum absolute atomic E-state index is 13.6. The predicted octanol–water partition coefficient (Wildman–Crippen LogP) is 1.94. The van der Waals surface area contributed by atoms with Crippen LogP contribution in [0.4, 0.5) is 13.9 Å². The van der Waals surface area contributed by atoms with E-state index in [0.29, 0.717) is 30.3 Å². The lowest BCUT2D eigenvalue weighted by Crippen LogP contribution is -2.45. The minimum absolute atomic E-state index is 0.258. The van der Waals surface area contributed by atoms with Crippen LogP contribution in [0.15, 0.2) is 24.4 Å². The number of nitrogens with zero attached hydrogens (tertiary/aromatic N) is 1. The van der Waals surface area contributed by atoms with Gasteiger partial charge in [0.05, 0.1) is 6.61 Å². The van der Waals surface area contributed by atoms with E-state index in [1.165, 1.54) is 23.5 Å². The SMILES string of the molecule is O=C(Nc1ncc(Cc2ccc(F)cc2F)s1)C1CNCCO1. The summed E-state index contributed by atoms with van der Waals surface area (Å²) in [6, 6.07) is 3.48. The van der Waals surface area contributed by atoms with E-state index in [2.05, 4.69) is 15.6 Å². The molecule has 0 saturated carbocycles. The summed E-state index contributed by atoms with van der Waals surface area (Å²) >= 11 is 1.25. The summed E-state index contributed by atoms with van der Waals surface area (Å²) in [6.07, 6.45) is 1.33. The van der Waals surface area contributed by atoms with Gasteiger partial charge in [-0.3, -0.25) is 10.1 Å². The van der Waals surface area contributed by atoms with Crippen LogP contribution in [0.1, 0.15) is 10.4 Å². The molecule has 2 aromatic rings.